The molecule has 0 aliphatic heterocycles. The van der Waals surface area contributed by atoms with Gasteiger partial charge >= 0.3 is 0 Å². The van der Waals surface area contributed by atoms with Gasteiger partial charge in [0.2, 0.25) is 11.8 Å². The summed E-state index contributed by atoms with van der Waals surface area (Å²) in [4.78, 5) is 11.4. The van der Waals surface area contributed by atoms with Gasteiger partial charge in [-0.2, -0.15) is 4.39 Å². The third-order valence-corrected chi connectivity index (χ3v) is 2.67. The van der Waals surface area contributed by atoms with E-state index in [1.165, 1.54) is 6.33 Å². The Balaban J connectivity index is 1.84. The zero-order valence-corrected chi connectivity index (χ0v) is 11.0. The predicted molar refractivity (Wildman–Crippen MR) is 70.0 cm³/mol. The van der Waals surface area contributed by atoms with E-state index in [4.69, 9.17) is 16.3 Å². The second-order valence-corrected chi connectivity index (χ2v) is 4.11. The van der Waals surface area contributed by atoms with E-state index in [1.807, 2.05) is 0 Å². The highest BCUT2D eigenvalue weighted by Crippen LogP contribution is 2.19. The Morgan fingerprint density at radius 2 is 2.21 bits per heavy atom. The second-order valence-electron chi connectivity index (χ2n) is 3.70. The third kappa shape index (κ3) is 3.51. The van der Waals surface area contributed by atoms with Crippen molar-refractivity contribution >= 4 is 17.4 Å². The van der Waals surface area contributed by atoms with Crippen LogP contribution in [0.3, 0.4) is 0 Å². The smallest absolute Gasteiger partial charge is 0.232 e. The highest BCUT2D eigenvalue weighted by molar-refractivity contribution is 6.31. The lowest BCUT2D eigenvalue weighted by molar-refractivity contribution is 0.320. The van der Waals surface area contributed by atoms with Crippen molar-refractivity contribution in [1.82, 2.24) is 15.0 Å². The fourth-order valence-corrected chi connectivity index (χ4v) is 1.58. The van der Waals surface area contributed by atoms with E-state index in [0.717, 1.165) is 0 Å². The Hall–Kier alpha value is -1.95. The zero-order chi connectivity index (χ0) is 13.7. The molecule has 0 amide bonds. The summed E-state index contributed by atoms with van der Waals surface area (Å²) in [5.74, 6) is 0.283. The Labute approximate surface area is 114 Å². The molecule has 0 aliphatic carbocycles. The number of anilines is 1. The fraction of sp³-hybridized carbons (Fsp3) is 0.250. The van der Waals surface area contributed by atoms with Crippen molar-refractivity contribution in [3.05, 3.63) is 41.2 Å². The van der Waals surface area contributed by atoms with Gasteiger partial charge in [0.05, 0.1) is 6.54 Å². The minimum absolute atomic E-state index is 0.335. The summed E-state index contributed by atoms with van der Waals surface area (Å²) in [7, 11) is 0. The third-order valence-electron chi connectivity index (χ3n) is 2.38. The molecule has 0 fully saturated rings. The monoisotopic (exact) mass is 282 g/mol. The van der Waals surface area contributed by atoms with Gasteiger partial charge in [0, 0.05) is 11.8 Å². The van der Waals surface area contributed by atoms with Crippen LogP contribution in [0.2, 0.25) is 5.02 Å². The molecular weight excluding hydrogens is 271 g/mol. The summed E-state index contributed by atoms with van der Waals surface area (Å²) >= 11 is 5.89. The van der Waals surface area contributed by atoms with Crippen LogP contribution in [0.15, 0.2) is 24.7 Å². The van der Waals surface area contributed by atoms with E-state index < -0.39 is 5.95 Å². The van der Waals surface area contributed by atoms with Gasteiger partial charge in [-0.25, -0.2) is 15.0 Å². The van der Waals surface area contributed by atoms with Gasteiger partial charge in [0.1, 0.15) is 23.8 Å². The maximum atomic E-state index is 13.2. The summed E-state index contributed by atoms with van der Waals surface area (Å²) in [6.07, 6.45) is 2.76. The predicted octanol–water partition coefficient (Wildman–Crippen LogP) is 2.46. The summed E-state index contributed by atoms with van der Waals surface area (Å²) in [6, 6.07) is 3.42. The van der Waals surface area contributed by atoms with Crippen LogP contribution < -0.4 is 10.1 Å². The standard InChI is InChI=1S/C12H12ClFN4O/c1-8-10(14)17-7-18-11(8)15-5-6-19-12-9(13)3-2-4-16-12/h2-4,7H,5-6H2,1H3,(H,15,17,18). The molecule has 2 rings (SSSR count). The van der Waals surface area contributed by atoms with Gasteiger partial charge < -0.3 is 10.1 Å². The normalized spacial score (nSPS) is 10.3. The van der Waals surface area contributed by atoms with Crippen LogP contribution in [0.1, 0.15) is 5.56 Å². The first-order valence-corrected chi connectivity index (χ1v) is 6.00. The van der Waals surface area contributed by atoms with Gasteiger partial charge in [-0.3, -0.25) is 0 Å². The summed E-state index contributed by atoms with van der Waals surface area (Å²) in [5, 5.41) is 3.41. The van der Waals surface area contributed by atoms with Crippen LogP contribution in [0, 0.1) is 12.9 Å². The van der Waals surface area contributed by atoms with E-state index in [2.05, 4.69) is 20.3 Å². The molecule has 5 nitrogen and oxygen atoms in total. The van der Waals surface area contributed by atoms with Crippen molar-refractivity contribution in [3.8, 4) is 5.88 Å². The first-order valence-electron chi connectivity index (χ1n) is 5.63. The molecule has 19 heavy (non-hydrogen) atoms. The van der Waals surface area contributed by atoms with Crippen molar-refractivity contribution in [2.24, 2.45) is 0 Å². The van der Waals surface area contributed by atoms with E-state index in [9.17, 15) is 4.39 Å². The lowest BCUT2D eigenvalue weighted by atomic mass is 10.3. The minimum Gasteiger partial charge on any atom is -0.475 e. The van der Waals surface area contributed by atoms with Gasteiger partial charge in [0.15, 0.2) is 0 Å². The molecule has 0 spiro atoms. The lowest BCUT2D eigenvalue weighted by Crippen LogP contribution is -2.14. The number of rotatable bonds is 5. The molecule has 0 saturated heterocycles. The summed E-state index contributed by atoms with van der Waals surface area (Å²) in [5.41, 5.74) is 0.373. The lowest BCUT2D eigenvalue weighted by Gasteiger charge is -2.09. The second kappa shape index (κ2) is 6.29. The number of halogens is 2. The van der Waals surface area contributed by atoms with Crippen molar-refractivity contribution in [2.45, 2.75) is 6.92 Å². The quantitative estimate of drug-likeness (QED) is 0.674. The minimum atomic E-state index is -0.536. The van der Waals surface area contributed by atoms with Gasteiger partial charge in [0.25, 0.3) is 0 Å². The first kappa shape index (κ1) is 13.5. The molecule has 1 N–H and O–H groups in total. The Bertz CT molecular complexity index is 567. The zero-order valence-electron chi connectivity index (χ0n) is 10.2. The average molecular weight is 283 g/mol. The molecule has 0 saturated carbocycles. The first-order chi connectivity index (χ1) is 9.18. The number of aromatic nitrogens is 3. The van der Waals surface area contributed by atoms with Crippen molar-refractivity contribution in [3.63, 3.8) is 0 Å². The highest BCUT2D eigenvalue weighted by Gasteiger charge is 2.06. The molecule has 0 unspecified atom stereocenters. The Morgan fingerprint density at radius 1 is 1.37 bits per heavy atom. The molecule has 7 heteroatoms. The topological polar surface area (TPSA) is 59.9 Å². The molecule has 2 aromatic rings. The molecule has 0 aromatic carbocycles. The van der Waals surface area contributed by atoms with Crippen LogP contribution in [0.25, 0.3) is 0 Å². The largest absolute Gasteiger partial charge is 0.475 e. The average Bonchev–Trinajstić information content (AvgIpc) is 2.41. The Morgan fingerprint density at radius 3 is 3.00 bits per heavy atom. The molecule has 100 valence electrons. The van der Waals surface area contributed by atoms with E-state index in [1.54, 1.807) is 25.3 Å². The molecule has 2 aromatic heterocycles. The fourth-order valence-electron chi connectivity index (χ4n) is 1.40. The molecular formula is C12H12ClFN4O. The van der Waals surface area contributed by atoms with Crippen LogP contribution >= 0.6 is 11.6 Å². The number of pyridine rings is 1. The molecule has 0 radical (unpaired) electrons. The molecule has 2 heterocycles. The van der Waals surface area contributed by atoms with Crippen LogP contribution in [0.4, 0.5) is 10.2 Å². The maximum absolute atomic E-state index is 13.2. The van der Waals surface area contributed by atoms with Crippen molar-refractivity contribution in [1.29, 1.82) is 0 Å². The number of nitrogens with one attached hydrogen (secondary N) is 1. The van der Waals surface area contributed by atoms with Crippen molar-refractivity contribution in [2.75, 3.05) is 18.5 Å². The molecule has 0 aliphatic rings. The van der Waals surface area contributed by atoms with Gasteiger partial charge in [-0.15, -0.1) is 0 Å². The van der Waals surface area contributed by atoms with E-state index in [0.29, 0.717) is 35.4 Å². The van der Waals surface area contributed by atoms with Crippen LogP contribution in [-0.4, -0.2) is 28.1 Å². The SMILES string of the molecule is Cc1c(F)ncnc1NCCOc1ncccc1Cl. The number of nitrogens with zero attached hydrogens (tertiary/aromatic N) is 3. The van der Waals surface area contributed by atoms with Gasteiger partial charge in [-0.1, -0.05) is 11.6 Å². The number of hydrogen-bond acceptors (Lipinski definition) is 5. The van der Waals surface area contributed by atoms with E-state index >= 15 is 0 Å². The summed E-state index contributed by atoms with van der Waals surface area (Å²) < 4.78 is 18.5. The maximum Gasteiger partial charge on any atom is 0.232 e. The summed E-state index contributed by atoms with van der Waals surface area (Å²) in [6.45, 7) is 2.39. The Kier molecular flexibility index (Phi) is 4.46. The number of ether oxygens (including phenoxy) is 1. The van der Waals surface area contributed by atoms with Gasteiger partial charge in [-0.05, 0) is 19.1 Å². The van der Waals surface area contributed by atoms with Crippen LogP contribution in [-0.2, 0) is 0 Å². The molecule has 0 atom stereocenters. The highest BCUT2D eigenvalue weighted by atomic mass is 35.5. The van der Waals surface area contributed by atoms with E-state index in [-0.39, 0.29) is 0 Å². The van der Waals surface area contributed by atoms with Crippen molar-refractivity contribution < 1.29 is 9.13 Å². The molecule has 0 bridgehead atoms. The number of hydrogen-bond donors (Lipinski definition) is 1. The van der Waals surface area contributed by atoms with Crippen LogP contribution in [0.5, 0.6) is 5.88 Å².